The molecule has 0 atom stereocenters. The van der Waals surface area contributed by atoms with Crippen molar-refractivity contribution >= 4 is 38.3 Å². The number of nitrogens with two attached hydrogens (primary N) is 1. The first-order valence-electron chi connectivity index (χ1n) is 8.61. The third-order valence-electron chi connectivity index (χ3n) is 4.40. The summed E-state index contributed by atoms with van der Waals surface area (Å²) in [6.07, 6.45) is 0. The van der Waals surface area contributed by atoms with Crippen molar-refractivity contribution in [1.29, 1.82) is 0 Å². The van der Waals surface area contributed by atoms with Crippen LogP contribution < -0.4 is 10.5 Å². The Labute approximate surface area is 175 Å². The number of hydrogen-bond donors (Lipinski definition) is 2. The molecule has 154 valence electrons. The molecule has 2 heterocycles. The second kappa shape index (κ2) is 7.54. The predicted octanol–water partition coefficient (Wildman–Crippen LogP) is 3.38. The summed E-state index contributed by atoms with van der Waals surface area (Å²) in [7, 11) is -2.46. The normalized spacial score (nSPS) is 11.7. The van der Waals surface area contributed by atoms with Crippen LogP contribution in [-0.2, 0) is 15.6 Å². The summed E-state index contributed by atoms with van der Waals surface area (Å²) in [6, 6.07) is 9.96. The van der Waals surface area contributed by atoms with Crippen LogP contribution in [0.2, 0.25) is 5.02 Å². The molecule has 0 amide bonds. The third-order valence-corrected chi connectivity index (χ3v) is 6.33. The number of nitrogens with one attached hydrogen (secondary N) is 1. The molecule has 0 aliphatic rings. The maximum Gasteiger partial charge on any atom is 0.230 e. The van der Waals surface area contributed by atoms with Crippen molar-refractivity contribution in [2.75, 3.05) is 12.8 Å². The van der Waals surface area contributed by atoms with Gasteiger partial charge in [-0.1, -0.05) is 35.9 Å². The van der Waals surface area contributed by atoms with E-state index in [2.05, 4.69) is 20.2 Å². The molecule has 2 aromatic carbocycles. The van der Waals surface area contributed by atoms with Crippen LogP contribution in [0.3, 0.4) is 0 Å². The average molecular weight is 448 g/mol. The van der Waals surface area contributed by atoms with Crippen LogP contribution in [0.15, 0.2) is 47.4 Å². The smallest absolute Gasteiger partial charge is 0.230 e. The minimum atomic E-state index is -3.92. The quantitative estimate of drug-likeness (QED) is 0.480. The number of methoxy groups -OCH3 is 1. The Morgan fingerprint density at radius 1 is 1.17 bits per heavy atom. The van der Waals surface area contributed by atoms with Crippen molar-refractivity contribution in [3.63, 3.8) is 0 Å². The van der Waals surface area contributed by atoms with Gasteiger partial charge in [0, 0.05) is 10.6 Å². The lowest BCUT2D eigenvalue weighted by Gasteiger charge is -2.08. The molecular weight excluding hydrogens is 433 g/mol. The fraction of sp³-hybridized carbons (Fsp3) is 0.105. The van der Waals surface area contributed by atoms with Gasteiger partial charge in [-0.05, 0) is 23.8 Å². The molecule has 0 bridgehead atoms. The van der Waals surface area contributed by atoms with E-state index in [0.29, 0.717) is 33.8 Å². The molecule has 3 N–H and O–H groups in total. The van der Waals surface area contributed by atoms with Crippen LogP contribution in [0.5, 0.6) is 5.88 Å². The van der Waals surface area contributed by atoms with Crippen LogP contribution >= 0.6 is 11.6 Å². The summed E-state index contributed by atoms with van der Waals surface area (Å²) in [5.41, 5.74) is 7.25. The number of benzene rings is 2. The van der Waals surface area contributed by atoms with Crippen molar-refractivity contribution < 1.29 is 17.5 Å². The van der Waals surface area contributed by atoms with Gasteiger partial charge in [0.25, 0.3) is 0 Å². The summed E-state index contributed by atoms with van der Waals surface area (Å²) in [5, 5.41) is 7.27. The van der Waals surface area contributed by atoms with E-state index in [9.17, 15) is 12.8 Å². The Hall–Kier alpha value is -3.24. The van der Waals surface area contributed by atoms with Gasteiger partial charge in [0.1, 0.15) is 21.9 Å². The van der Waals surface area contributed by atoms with Gasteiger partial charge in [0.2, 0.25) is 5.88 Å². The lowest BCUT2D eigenvalue weighted by Crippen LogP contribution is -2.07. The number of hydrogen-bond acceptors (Lipinski definition) is 7. The summed E-state index contributed by atoms with van der Waals surface area (Å²) in [5.74, 6) is -0.334. The fourth-order valence-electron chi connectivity index (χ4n) is 2.95. The number of anilines is 1. The zero-order chi connectivity index (χ0) is 21.5. The molecule has 30 heavy (non-hydrogen) atoms. The average Bonchev–Trinajstić information content (AvgIpc) is 3.10. The molecule has 0 saturated heterocycles. The Morgan fingerprint density at radius 3 is 2.60 bits per heavy atom. The van der Waals surface area contributed by atoms with Crippen molar-refractivity contribution in [3.8, 4) is 17.3 Å². The zero-order valence-electron chi connectivity index (χ0n) is 15.6. The van der Waals surface area contributed by atoms with Gasteiger partial charge < -0.3 is 10.5 Å². The van der Waals surface area contributed by atoms with E-state index >= 15 is 0 Å². The molecule has 4 rings (SSSR count). The Balaban J connectivity index is 1.65. The topological polar surface area (TPSA) is 124 Å². The number of nitrogen functional groups attached to an aromatic ring is 1. The van der Waals surface area contributed by atoms with E-state index in [1.165, 1.54) is 13.2 Å². The van der Waals surface area contributed by atoms with E-state index in [1.807, 2.05) is 0 Å². The number of halogens is 2. The number of sulfone groups is 1. The molecule has 2 aromatic heterocycles. The molecule has 0 aliphatic heterocycles. The minimum Gasteiger partial charge on any atom is -0.480 e. The van der Waals surface area contributed by atoms with Crippen LogP contribution in [-0.4, -0.2) is 35.7 Å². The Morgan fingerprint density at radius 2 is 1.90 bits per heavy atom. The molecule has 0 unspecified atom stereocenters. The van der Waals surface area contributed by atoms with Crippen molar-refractivity contribution in [2.45, 2.75) is 10.6 Å². The molecule has 8 nitrogen and oxygen atoms in total. The van der Waals surface area contributed by atoms with E-state index in [4.69, 9.17) is 22.1 Å². The molecule has 4 aromatic rings. The summed E-state index contributed by atoms with van der Waals surface area (Å²) in [4.78, 5) is 8.26. The zero-order valence-corrected chi connectivity index (χ0v) is 17.1. The number of H-pyrrole nitrogens is 1. The first-order chi connectivity index (χ1) is 14.3. The maximum atomic E-state index is 14.0. The predicted molar refractivity (Wildman–Crippen MR) is 110 cm³/mol. The Kier molecular flexibility index (Phi) is 5.04. The molecule has 0 spiro atoms. The molecule has 0 radical (unpaired) electrons. The Bertz CT molecular complexity index is 1360. The molecule has 0 saturated carbocycles. The number of rotatable bonds is 5. The van der Waals surface area contributed by atoms with Gasteiger partial charge in [0.15, 0.2) is 21.3 Å². The van der Waals surface area contributed by atoms with E-state index in [-0.39, 0.29) is 16.7 Å². The summed E-state index contributed by atoms with van der Waals surface area (Å²) < 4.78 is 44.4. The number of aromatic amines is 1. The summed E-state index contributed by atoms with van der Waals surface area (Å²) >= 11 is 5.81. The van der Waals surface area contributed by atoms with Gasteiger partial charge in [-0.15, -0.1) is 0 Å². The molecule has 11 heteroatoms. The highest BCUT2D eigenvalue weighted by Crippen LogP contribution is 2.29. The minimum absolute atomic E-state index is 0.144. The lowest BCUT2D eigenvalue weighted by atomic mass is 10.1. The number of aromatic nitrogens is 4. The number of fused-ring (bicyclic) bond motifs is 1. The second-order valence-electron chi connectivity index (χ2n) is 6.42. The van der Waals surface area contributed by atoms with Crippen molar-refractivity contribution in [2.24, 2.45) is 0 Å². The van der Waals surface area contributed by atoms with Gasteiger partial charge in [-0.25, -0.2) is 17.8 Å². The van der Waals surface area contributed by atoms with Crippen LogP contribution in [0.4, 0.5) is 10.2 Å². The largest absolute Gasteiger partial charge is 0.480 e. The van der Waals surface area contributed by atoms with E-state index < -0.39 is 20.5 Å². The van der Waals surface area contributed by atoms with Gasteiger partial charge in [0.05, 0.1) is 12.9 Å². The SMILES string of the molecule is COc1nc(-c2ccc(CS(=O)(=O)c3cc(Cl)ccc3F)cc2)nc2n[nH]c(N)c12. The van der Waals surface area contributed by atoms with Crippen LogP contribution in [0, 0.1) is 5.82 Å². The lowest BCUT2D eigenvalue weighted by molar-refractivity contribution is 0.403. The van der Waals surface area contributed by atoms with E-state index in [1.54, 1.807) is 24.3 Å². The molecule has 0 fully saturated rings. The first kappa shape index (κ1) is 20.0. The fourth-order valence-corrected chi connectivity index (χ4v) is 4.65. The van der Waals surface area contributed by atoms with Crippen LogP contribution in [0.1, 0.15) is 5.56 Å². The molecular formula is C19H15ClFN5O3S. The highest BCUT2D eigenvalue weighted by atomic mass is 35.5. The number of ether oxygens (including phenoxy) is 1. The van der Waals surface area contributed by atoms with Crippen molar-refractivity contribution in [3.05, 3.63) is 58.9 Å². The van der Waals surface area contributed by atoms with Gasteiger partial charge in [-0.3, -0.25) is 5.10 Å². The summed E-state index contributed by atoms with van der Waals surface area (Å²) in [6.45, 7) is 0. The molecule has 0 aliphatic carbocycles. The van der Waals surface area contributed by atoms with Gasteiger partial charge in [-0.2, -0.15) is 10.1 Å². The van der Waals surface area contributed by atoms with Crippen molar-refractivity contribution in [1.82, 2.24) is 20.2 Å². The highest BCUT2D eigenvalue weighted by molar-refractivity contribution is 7.90. The maximum absolute atomic E-state index is 14.0. The number of nitrogens with zero attached hydrogens (tertiary/aromatic N) is 3. The monoisotopic (exact) mass is 447 g/mol. The third kappa shape index (κ3) is 3.66. The van der Waals surface area contributed by atoms with Gasteiger partial charge >= 0.3 is 0 Å². The highest BCUT2D eigenvalue weighted by Gasteiger charge is 2.21. The standard InChI is InChI=1S/C19H15ClFN5O3S/c1-29-19-15-16(22)25-26-18(15)23-17(24-19)11-4-2-10(3-5-11)9-30(27,28)14-8-12(20)6-7-13(14)21/h2-8H,9H2,1H3,(H3,22,23,24,25,26). The van der Waals surface area contributed by atoms with E-state index in [0.717, 1.165) is 12.1 Å². The second-order valence-corrected chi connectivity index (χ2v) is 8.82. The first-order valence-corrected chi connectivity index (χ1v) is 10.6. The van der Waals surface area contributed by atoms with Crippen LogP contribution in [0.25, 0.3) is 22.4 Å².